The van der Waals surface area contributed by atoms with Gasteiger partial charge in [-0.2, -0.15) is 0 Å². The number of rotatable bonds is 6. The average molecular weight is 325 g/mol. The molecular weight excluding hydrogens is 302 g/mol. The van der Waals surface area contributed by atoms with Gasteiger partial charge in [-0.05, 0) is 41.8 Å². The van der Waals surface area contributed by atoms with Gasteiger partial charge in [-0.3, -0.25) is 9.59 Å². The molecule has 0 fully saturated rings. The van der Waals surface area contributed by atoms with Crippen molar-refractivity contribution in [3.8, 4) is 0 Å². The van der Waals surface area contributed by atoms with Crippen LogP contribution in [0.3, 0.4) is 0 Å². The quantitative estimate of drug-likeness (QED) is 0.764. The highest BCUT2D eigenvalue weighted by Crippen LogP contribution is 2.23. The van der Waals surface area contributed by atoms with E-state index in [2.05, 4.69) is 35.9 Å². The van der Waals surface area contributed by atoms with Crippen molar-refractivity contribution < 1.29 is 9.59 Å². The van der Waals surface area contributed by atoms with Crippen LogP contribution in [0.5, 0.6) is 0 Å². The Balaban J connectivity index is 1.93. The number of anilines is 2. The molecule has 0 saturated heterocycles. The van der Waals surface area contributed by atoms with Crippen molar-refractivity contribution in [2.45, 2.75) is 19.8 Å². The SMILES string of the molecule is CNC(=O)c1ccc(NC(=O)CNc2ccccc2C(C)C)cc1. The second kappa shape index (κ2) is 8.15. The van der Waals surface area contributed by atoms with E-state index in [0.29, 0.717) is 17.2 Å². The molecule has 0 spiro atoms. The predicted molar refractivity (Wildman–Crippen MR) is 97.5 cm³/mol. The van der Waals surface area contributed by atoms with E-state index < -0.39 is 0 Å². The first-order valence-corrected chi connectivity index (χ1v) is 7.96. The topological polar surface area (TPSA) is 70.2 Å². The summed E-state index contributed by atoms with van der Waals surface area (Å²) >= 11 is 0. The number of nitrogens with one attached hydrogen (secondary N) is 3. The average Bonchev–Trinajstić information content (AvgIpc) is 2.60. The lowest BCUT2D eigenvalue weighted by atomic mass is 10.0. The van der Waals surface area contributed by atoms with Crippen LogP contribution in [0.4, 0.5) is 11.4 Å². The highest BCUT2D eigenvalue weighted by Gasteiger charge is 2.08. The summed E-state index contributed by atoms with van der Waals surface area (Å²) in [4.78, 5) is 23.6. The first-order valence-electron chi connectivity index (χ1n) is 7.96. The highest BCUT2D eigenvalue weighted by molar-refractivity contribution is 5.96. The zero-order valence-corrected chi connectivity index (χ0v) is 14.2. The minimum absolute atomic E-state index is 0.138. The Morgan fingerprint density at radius 1 is 1.00 bits per heavy atom. The predicted octanol–water partition coefficient (Wildman–Crippen LogP) is 3.22. The largest absolute Gasteiger partial charge is 0.376 e. The molecule has 5 heteroatoms. The Labute approximate surface area is 142 Å². The number of hydrogen-bond donors (Lipinski definition) is 3. The fourth-order valence-corrected chi connectivity index (χ4v) is 2.39. The van der Waals surface area contributed by atoms with E-state index in [4.69, 9.17) is 0 Å². The van der Waals surface area contributed by atoms with Gasteiger partial charge in [0.1, 0.15) is 0 Å². The van der Waals surface area contributed by atoms with Gasteiger partial charge >= 0.3 is 0 Å². The Hall–Kier alpha value is -2.82. The number of benzene rings is 2. The summed E-state index contributed by atoms with van der Waals surface area (Å²) in [6.07, 6.45) is 0. The number of carbonyl (C=O) groups is 2. The number of amides is 2. The van der Waals surface area contributed by atoms with Gasteiger partial charge in [0.15, 0.2) is 0 Å². The third-order valence-corrected chi connectivity index (χ3v) is 3.68. The van der Waals surface area contributed by atoms with E-state index in [1.165, 1.54) is 5.56 Å². The molecule has 0 aliphatic heterocycles. The third-order valence-electron chi connectivity index (χ3n) is 3.68. The van der Waals surface area contributed by atoms with E-state index in [9.17, 15) is 9.59 Å². The van der Waals surface area contributed by atoms with Crippen LogP contribution in [0.15, 0.2) is 48.5 Å². The van der Waals surface area contributed by atoms with E-state index in [1.807, 2.05) is 18.2 Å². The van der Waals surface area contributed by atoms with Crippen LogP contribution >= 0.6 is 0 Å². The summed E-state index contributed by atoms with van der Waals surface area (Å²) in [5.74, 6) is 0.0927. The molecule has 0 unspecified atom stereocenters. The maximum absolute atomic E-state index is 12.1. The summed E-state index contributed by atoms with van der Waals surface area (Å²) < 4.78 is 0. The van der Waals surface area contributed by atoms with Crippen molar-refractivity contribution in [3.05, 3.63) is 59.7 Å². The Morgan fingerprint density at radius 3 is 2.29 bits per heavy atom. The second-order valence-corrected chi connectivity index (χ2v) is 5.80. The van der Waals surface area contributed by atoms with Gasteiger partial charge in [0, 0.05) is 24.0 Å². The van der Waals surface area contributed by atoms with E-state index in [-0.39, 0.29) is 18.4 Å². The van der Waals surface area contributed by atoms with Crippen molar-refractivity contribution in [3.63, 3.8) is 0 Å². The smallest absolute Gasteiger partial charge is 0.251 e. The number of carbonyl (C=O) groups excluding carboxylic acids is 2. The minimum atomic E-state index is -0.153. The van der Waals surface area contributed by atoms with Crippen molar-refractivity contribution in [2.75, 3.05) is 24.2 Å². The highest BCUT2D eigenvalue weighted by atomic mass is 16.2. The fraction of sp³-hybridized carbons (Fsp3) is 0.263. The molecule has 0 saturated carbocycles. The second-order valence-electron chi connectivity index (χ2n) is 5.80. The van der Waals surface area contributed by atoms with Crippen molar-refractivity contribution >= 4 is 23.2 Å². The summed E-state index contributed by atoms with van der Waals surface area (Å²) in [6, 6.07) is 14.8. The molecule has 0 heterocycles. The van der Waals surface area contributed by atoms with Gasteiger partial charge in [-0.15, -0.1) is 0 Å². The molecule has 2 amide bonds. The summed E-state index contributed by atoms with van der Waals surface area (Å²) in [5.41, 5.74) is 3.36. The molecule has 24 heavy (non-hydrogen) atoms. The molecular formula is C19H23N3O2. The number of para-hydroxylation sites is 1. The molecule has 2 aromatic rings. The molecule has 0 atom stereocenters. The number of hydrogen-bond acceptors (Lipinski definition) is 3. The van der Waals surface area contributed by atoms with Crippen molar-refractivity contribution in [1.82, 2.24) is 5.32 Å². The van der Waals surface area contributed by atoms with Crippen LogP contribution in [0.25, 0.3) is 0 Å². The zero-order valence-electron chi connectivity index (χ0n) is 14.2. The van der Waals surface area contributed by atoms with Gasteiger partial charge in [-0.25, -0.2) is 0 Å². The van der Waals surface area contributed by atoms with E-state index in [1.54, 1.807) is 31.3 Å². The van der Waals surface area contributed by atoms with E-state index >= 15 is 0 Å². The minimum Gasteiger partial charge on any atom is -0.376 e. The molecule has 0 aliphatic carbocycles. The van der Waals surface area contributed by atoms with Crippen LogP contribution in [0.1, 0.15) is 35.7 Å². The molecule has 0 aromatic heterocycles. The summed E-state index contributed by atoms with van der Waals surface area (Å²) in [5, 5.41) is 8.55. The van der Waals surface area contributed by atoms with Gasteiger partial charge in [0.05, 0.1) is 6.54 Å². The zero-order chi connectivity index (χ0) is 17.5. The van der Waals surface area contributed by atoms with Gasteiger partial charge in [-0.1, -0.05) is 32.0 Å². The molecule has 0 aliphatic rings. The first-order chi connectivity index (χ1) is 11.5. The van der Waals surface area contributed by atoms with E-state index in [0.717, 1.165) is 5.69 Å². The summed E-state index contributed by atoms with van der Waals surface area (Å²) in [7, 11) is 1.58. The molecule has 2 aromatic carbocycles. The summed E-state index contributed by atoms with van der Waals surface area (Å²) in [6.45, 7) is 4.42. The van der Waals surface area contributed by atoms with Gasteiger partial charge in [0.25, 0.3) is 5.91 Å². The van der Waals surface area contributed by atoms with Gasteiger partial charge < -0.3 is 16.0 Å². The molecule has 126 valence electrons. The van der Waals surface area contributed by atoms with Crippen LogP contribution < -0.4 is 16.0 Å². The van der Waals surface area contributed by atoms with Gasteiger partial charge in [0.2, 0.25) is 5.91 Å². The van der Waals surface area contributed by atoms with Crippen LogP contribution in [-0.2, 0) is 4.79 Å². The monoisotopic (exact) mass is 325 g/mol. The maximum Gasteiger partial charge on any atom is 0.251 e. The normalized spacial score (nSPS) is 10.3. The molecule has 5 nitrogen and oxygen atoms in total. The lowest BCUT2D eigenvalue weighted by Gasteiger charge is -2.14. The van der Waals surface area contributed by atoms with Crippen LogP contribution in [0, 0.1) is 0 Å². The van der Waals surface area contributed by atoms with Crippen molar-refractivity contribution in [1.29, 1.82) is 0 Å². The van der Waals surface area contributed by atoms with Crippen LogP contribution in [0.2, 0.25) is 0 Å². The molecule has 2 rings (SSSR count). The lowest BCUT2D eigenvalue weighted by Crippen LogP contribution is -2.22. The molecule has 3 N–H and O–H groups in total. The standard InChI is InChI=1S/C19H23N3O2/c1-13(2)16-6-4-5-7-17(16)21-12-18(23)22-15-10-8-14(9-11-15)19(24)20-3/h4-11,13,21H,12H2,1-3H3,(H,20,24)(H,22,23). The molecule has 0 radical (unpaired) electrons. The Kier molecular flexibility index (Phi) is 5.95. The molecule has 0 bridgehead atoms. The lowest BCUT2D eigenvalue weighted by molar-refractivity contribution is -0.114. The van der Waals surface area contributed by atoms with Crippen LogP contribution in [-0.4, -0.2) is 25.4 Å². The first kappa shape index (κ1) is 17.5. The maximum atomic E-state index is 12.1. The third kappa shape index (κ3) is 4.59. The van der Waals surface area contributed by atoms with Crippen molar-refractivity contribution in [2.24, 2.45) is 0 Å². The Morgan fingerprint density at radius 2 is 1.67 bits per heavy atom. The fourth-order valence-electron chi connectivity index (χ4n) is 2.39. The Bertz CT molecular complexity index is 709.